The number of hydrogen-bond donors (Lipinski definition) is 1. The standard InChI is InChI=1S/C19H16ClN3O3/c1-25-16-8-7-15(9-17(16)26-2)23-19(24)13-10-21-18(22-11-13)12-3-5-14(20)6-4-12/h3-11H,1-2H3,(H,23,24). The maximum atomic E-state index is 12.4. The summed E-state index contributed by atoms with van der Waals surface area (Å²) in [7, 11) is 3.09. The van der Waals surface area contributed by atoms with Crippen molar-refractivity contribution in [3.8, 4) is 22.9 Å². The molecule has 0 aliphatic rings. The first-order chi connectivity index (χ1) is 12.6. The van der Waals surface area contributed by atoms with Crippen LogP contribution in [0.5, 0.6) is 11.5 Å². The second kappa shape index (κ2) is 7.84. The SMILES string of the molecule is COc1ccc(NC(=O)c2cnc(-c3ccc(Cl)cc3)nc2)cc1OC. The molecule has 1 aromatic heterocycles. The zero-order chi connectivity index (χ0) is 18.5. The van der Waals surface area contributed by atoms with Gasteiger partial charge in [0.2, 0.25) is 0 Å². The lowest BCUT2D eigenvalue weighted by atomic mass is 10.2. The molecule has 0 aliphatic heterocycles. The van der Waals surface area contributed by atoms with Gasteiger partial charge in [-0.1, -0.05) is 11.6 Å². The molecule has 132 valence electrons. The number of methoxy groups -OCH3 is 2. The number of rotatable bonds is 5. The number of nitrogens with zero attached hydrogens (tertiary/aromatic N) is 2. The average Bonchev–Trinajstić information content (AvgIpc) is 2.68. The van der Waals surface area contributed by atoms with Gasteiger partial charge in [0, 0.05) is 34.7 Å². The number of benzene rings is 2. The van der Waals surface area contributed by atoms with Gasteiger partial charge in [-0.3, -0.25) is 4.79 Å². The van der Waals surface area contributed by atoms with E-state index in [-0.39, 0.29) is 5.91 Å². The molecule has 26 heavy (non-hydrogen) atoms. The van der Waals surface area contributed by atoms with Crippen molar-refractivity contribution in [3.63, 3.8) is 0 Å². The number of ether oxygens (including phenoxy) is 2. The van der Waals surface area contributed by atoms with Crippen molar-refractivity contribution in [2.75, 3.05) is 19.5 Å². The Kier molecular flexibility index (Phi) is 5.34. The Hall–Kier alpha value is -3.12. The van der Waals surface area contributed by atoms with Crippen LogP contribution >= 0.6 is 11.6 Å². The summed E-state index contributed by atoms with van der Waals surface area (Å²) in [6, 6.07) is 12.3. The van der Waals surface area contributed by atoms with Crippen molar-refractivity contribution in [1.29, 1.82) is 0 Å². The number of anilines is 1. The Bertz CT molecular complexity index is 912. The molecule has 0 aliphatic carbocycles. The van der Waals surface area contributed by atoms with Gasteiger partial charge in [-0.05, 0) is 36.4 Å². The van der Waals surface area contributed by atoms with Gasteiger partial charge in [0.1, 0.15) is 0 Å². The van der Waals surface area contributed by atoms with Crippen LogP contribution in [0.1, 0.15) is 10.4 Å². The van der Waals surface area contributed by atoms with Crippen LogP contribution in [-0.4, -0.2) is 30.1 Å². The second-order valence-corrected chi connectivity index (χ2v) is 5.76. The zero-order valence-corrected chi connectivity index (χ0v) is 14.9. The monoisotopic (exact) mass is 369 g/mol. The van der Waals surface area contributed by atoms with E-state index in [4.69, 9.17) is 21.1 Å². The molecule has 1 N–H and O–H groups in total. The molecular weight excluding hydrogens is 354 g/mol. The largest absolute Gasteiger partial charge is 0.493 e. The summed E-state index contributed by atoms with van der Waals surface area (Å²) in [6.45, 7) is 0. The fraction of sp³-hybridized carbons (Fsp3) is 0.105. The Morgan fingerprint density at radius 1 is 0.962 bits per heavy atom. The molecule has 0 unspecified atom stereocenters. The van der Waals surface area contributed by atoms with E-state index in [1.54, 1.807) is 37.4 Å². The second-order valence-electron chi connectivity index (χ2n) is 5.33. The smallest absolute Gasteiger partial charge is 0.258 e. The minimum atomic E-state index is -0.320. The highest BCUT2D eigenvalue weighted by atomic mass is 35.5. The molecule has 0 radical (unpaired) electrons. The van der Waals surface area contributed by atoms with E-state index in [1.807, 2.05) is 12.1 Å². The molecule has 0 saturated heterocycles. The quantitative estimate of drug-likeness (QED) is 0.734. The summed E-state index contributed by atoms with van der Waals surface area (Å²) in [5, 5.41) is 3.42. The Morgan fingerprint density at radius 2 is 1.62 bits per heavy atom. The molecule has 3 aromatic rings. The van der Waals surface area contributed by atoms with Crippen molar-refractivity contribution in [2.24, 2.45) is 0 Å². The molecule has 1 heterocycles. The highest BCUT2D eigenvalue weighted by molar-refractivity contribution is 6.30. The van der Waals surface area contributed by atoms with E-state index in [0.717, 1.165) is 5.56 Å². The summed E-state index contributed by atoms with van der Waals surface area (Å²) >= 11 is 5.87. The molecule has 0 bridgehead atoms. The summed E-state index contributed by atoms with van der Waals surface area (Å²) in [4.78, 5) is 20.9. The van der Waals surface area contributed by atoms with Crippen LogP contribution in [0, 0.1) is 0 Å². The first-order valence-corrected chi connectivity index (χ1v) is 8.10. The Balaban J connectivity index is 1.75. The van der Waals surface area contributed by atoms with E-state index >= 15 is 0 Å². The van der Waals surface area contributed by atoms with Crippen LogP contribution in [0.3, 0.4) is 0 Å². The number of amides is 1. The normalized spacial score (nSPS) is 10.3. The third-order valence-electron chi connectivity index (χ3n) is 3.66. The highest BCUT2D eigenvalue weighted by Crippen LogP contribution is 2.29. The van der Waals surface area contributed by atoms with Crippen molar-refractivity contribution < 1.29 is 14.3 Å². The molecule has 1 amide bonds. The number of halogens is 1. The van der Waals surface area contributed by atoms with Gasteiger partial charge in [-0.15, -0.1) is 0 Å². The molecule has 2 aromatic carbocycles. The van der Waals surface area contributed by atoms with Crippen molar-refractivity contribution in [3.05, 3.63) is 65.4 Å². The number of nitrogens with one attached hydrogen (secondary N) is 1. The van der Waals surface area contributed by atoms with Gasteiger partial charge in [0.25, 0.3) is 5.91 Å². The summed E-state index contributed by atoms with van der Waals surface area (Å²) in [5.41, 5.74) is 1.74. The first kappa shape index (κ1) is 17.7. The maximum Gasteiger partial charge on any atom is 0.258 e. The van der Waals surface area contributed by atoms with Crippen molar-refractivity contribution >= 4 is 23.2 Å². The number of hydrogen-bond acceptors (Lipinski definition) is 5. The van der Waals surface area contributed by atoms with Crippen LogP contribution in [0.25, 0.3) is 11.4 Å². The number of carbonyl (C=O) groups is 1. The van der Waals surface area contributed by atoms with Gasteiger partial charge >= 0.3 is 0 Å². The molecule has 3 rings (SSSR count). The van der Waals surface area contributed by atoms with E-state index < -0.39 is 0 Å². The molecule has 0 fully saturated rings. The van der Waals surface area contributed by atoms with Crippen LogP contribution in [0.2, 0.25) is 5.02 Å². The van der Waals surface area contributed by atoms with Crippen molar-refractivity contribution in [1.82, 2.24) is 9.97 Å². The lowest BCUT2D eigenvalue weighted by Crippen LogP contribution is -2.13. The van der Waals surface area contributed by atoms with E-state index in [0.29, 0.717) is 33.6 Å². The van der Waals surface area contributed by atoms with Crippen LogP contribution in [0.15, 0.2) is 54.9 Å². The zero-order valence-electron chi connectivity index (χ0n) is 14.2. The van der Waals surface area contributed by atoms with Crippen molar-refractivity contribution in [2.45, 2.75) is 0 Å². The maximum absolute atomic E-state index is 12.4. The summed E-state index contributed by atoms with van der Waals surface area (Å²) in [6.07, 6.45) is 2.96. The third kappa shape index (κ3) is 3.92. The predicted molar refractivity (Wildman–Crippen MR) is 100.0 cm³/mol. The fourth-order valence-corrected chi connectivity index (χ4v) is 2.44. The lowest BCUT2D eigenvalue weighted by Gasteiger charge is -2.10. The minimum Gasteiger partial charge on any atom is -0.493 e. The van der Waals surface area contributed by atoms with E-state index in [9.17, 15) is 4.79 Å². The molecule has 7 heteroatoms. The highest BCUT2D eigenvalue weighted by Gasteiger charge is 2.11. The Labute approximate surface area is 155 Å². The van der Waals surface area contributed by atoms with Crippen LogP contribution < -0.4 is 14.8 Å². The number of carbonyl (C=O) groups excluding carboxylic acids is 1. The third-order valence-corrected chi connectivity index (χ3v) is 3.91. The van der Waals surface area contributed by atoms with Gasteiger partial charge in [0.05, 0.1) is 19.8 Å². The van der Waals surface area contributed by atoms with E-state index in [1.165, 1.54) is 19.5 Å². The van der Waals surface area contributed by atoms with Crippen LogP contribution in [0.4, 0.5) is 5.69 Å². The molecule has 6 nitrogen and oxygen atoms in total. The summed E-state index contributed by atoms with van der Waals surface area (Å²) < 4.78 is 10.4. The lowest BCUT2D eigenvalue weighted by molar-refractivity contribution is 0.102. The van der Waals surface area contributed by atoms with Gasteiger partial charge in [-0.2, -0.15) is 0 Å². The van der Waals surface area contributed by atoms with Gasteiger partial charge in [0.15, 0.2) is 17.3 Å². The van der Waals surface area contributed by atoms with Crippen LogP contribution in [-0.2, 0) is 0 Å². The van der Waals surface area contributed by atoms with E-state index in [2.05, 4.69) is 15.3 Å². The summed E-state index contributed by atoms with van der Waals surface area (Å²) in [5.74, 6) is 1.31. The molecular formula is C19H16ClN3O3. The fourth-order valence-electron chi connectivity index (χ4n) is 2.31. The topological polar surface area (TPSA) is 73.3 Å². The predicted octanol–water partition coefficient (Wildman–Crippen LogP) is 4.07. The van der Waals surface area contributed by atoms with Gasteiger partial charge in [-0.25, -0.2) is 9.97 Å². The Morgan fingerprint density at radius 3 is 2.23 bits per heavy atom. The molecule has 0 saturated carbocycles. The first-order valence-electron chi connectivity index (χ1n) is 7.72. The molecule has 0 spiro atoms. The minimum absolute atomic E-state index is 0.320. The average molecular weight is 370 g/mol. The molecule has 0 atom stereocenters. The number of aromatic nitrogens is 2. The van der Waals surface area contributed by atoms with Gasteiger partial charge < -0.3 is 14.8 Å².